The van der Waals surface area contributed by atoms with Gasteiger partial charge in [-0.2, -0.15) is 0 Å². The lowest BCUT2D eigenvalue weighted by atomic mass is 10.1. The molecule has 0 unspecified atom stereocenters. The van der Waals surface area contributed by atoms with Gasteiger partial charge in [0.15, 0.2) is 0 Å². The molecule has 0 aliphatic rings. The van der Waals surface area contributed by atoms with Gasteiger partial charge >= 0.3 is 0 Å². The van der Waals surface area contributed by atoms with Crippen LogP contribution >= 0.6 is 22.7 Å². The zero-order chi connectivity index (χ0) is 20.5. The number of fused-ring (bicyclic) bond motifs is 8. The van der Waals surface area contributed by atoms with E-state index < -0.39 is 0 Å². The third-order valence-electron chi connectivity index (χ3n) is 6.17. The van der Waals surface area contributed by atoms with Crippen molar-refractivity contribution in [3.05, 3.63) is 84.4 Å². The first-order valence-corrected chi connectivity index (χ1v) is 12.0. The molecule has 0 aliphatic carbocycles. The van der Waals surface area contributed by atoms with Gasteiger partial charge in [-0.3, -0.25) is 0 Å². The van der Waals surface area contributed by atoms with E-state index in [2.05, 4.69) is 95.8 Å². The van der Waals surface area contributed by atoms with Crippen molar-refractivity contribution in [2.75, 3.05) is 0 Å². The summed E-state index contributed by atoms with van der Waals surface area (Å²) in [6, 6.07) is 28.4. The fourth-order valence-electron chi connectivity index (χ4n) is 4.63. The van der Waals surface area contributed by atoms with E-state index in [4.69, 9.17) is 0 Å². The second-order valence-corrected chi connectivity index (χ2v) is 10.1. The summed E-state index contributed by atoms with van der Waals surface area (Å²) in [5, 5.41) is 5.18. The Bertz CT molecular complexity index is 1720. The molecule has 0 saturated heterocycles. The lowest BCUT2D eigenvalue weighted by molar-refractivity contribution is 1.48. The number of aromatic nitrogens is 2. The van der Waals surface area contributed by atoms with Crippen molar-refractivity contribution in [2.45, 2.75) is 6.92 Å². The number of aryl methyl sites for hydroxylation is 1. The van der Waals surface area contributed by atoms with Gasteiger partial charge in [-0.1, -0.05) is 60.7 Å². The normalized spacial score (nSPS) is 12.0. The van der Waals surface area contributed by atoms with E-state index in [9.17, 15) is 0 Å². The summed E-state index contributed by atoms with van der Waals surface area (Å²) in [5.74, 6) is 0. The Balaban J connectivity index is 1.64. The lowest BCUT2D eigenvalue weighted by Crippen LogP contribution is -1.88. The van der Waals surface area contributed by atoms with E-state index in [1.807, 2.05) is 22.7 Å². The average molecular weight is 435 g/mol. The molecule has 31 heavy (non-hydrogen) atoms. The topological polar surface area (TPSA) is 31.6 Å². The fourth-order valence-corrected chi connectivity index (χ4v) is 7.10. The summed E-state index contributed by atoms with van der Waals surface area (Å²) in [4.78, 5) is 7.41. The van der Waals surface area contributed by atoms with E-state index in [-0.39, 0.29) is 0 Å². The summed E-state index contributed by atoms with van der Waals surface area (Å²) < 4.78 is 5.27. The van der Waals surface area contributed by atoms with Crippen molar-refractivity contribution in [3.8, 4) is 0 Å². The maximum atomic E-state index is 3.71. The zero-order valence-corrected chi connectivity index (χ0v) is 18.5. The number of hydrogen-bond acceptors (Lipinski definition) is 2. The Labute approximate surface area is 186 Å². The maximum absolute atomic E-state index is 3.71. The van der Waals surface area contributed by atoms with Crippen molar-refractivity contribution >= 4 is 85.1 Å². The number of benzene rings is 5. The van der Waals surface area contributed by atoms with Crippen LogP contribution in [-0.2, 0) is 0 Å². The maximum Gasteiger partial charge on any atom is 0.0590 e. The van der Waals surface area contributed by atoms with Crippen LogP contribution in [0.4, 0.5) is 0 Å². The molecule has 7 rings (SSSR count). The smallest absolute Gasteiger partial charge is 0.0590 e. The molecule has 0 amide bonds. The first-order valence-electron chi connectivity index (χ1n) is 10.4. The standard InChI is InChI=1S/C27H18N2S2/c1-15-24-22(28-20-12-10-16-6-2-4-8-18(16)26(20)30-24)14-23-25(15)31-27-19-9-5-3-7-17(19)11-13-21(27)29-23/h2-14,28-29H,1H3. The third-order valence-corrected chi connectivity index (χ3v) is 8.91. The predicted octanol–water partition coefficient (Wildman–Crippen LogP) is 8.82. The number of nitrogens with one attached hydrogen (secondary N) is 2. The first kappa shape index (κ1) is 17.4. The Morgan fingerprint density at radius 1 is 0.516 bits per heavy atom. The van der Waals surface area contributed by atoms with E-state index in [0.29, 0.717) is 0 Å². The number of rotatable bonds is 0. The minimum atomic E-state index is 1.18. The molecule has 0 spiro atoms. The second-order valence-electron chi connectivity index (χ2n) is 8.04. The molecule has 7 aromatic rings. The van der Waals surface area contributed by atoms with Crippen LogP contribution in [0, 0.1) is 6.92 Å². The van der Waals surface area contributed by atoms with Gasteiger partial charge in [-0.05, 0) is 41.5 Å². The van der Waals surface area contributed by atoms with Gasteiger partial charge in [0.25, 0.3) is 0 Å². The number of hydrogen-bond donors (Lipinski definition) is 2. The minimum Gasteiger partial charge on any atom is -0.353 e. The highest BCUT2D eigenvalue weighted by Crippen LogP contribution is 2.39. The fraction of sp³-hybridized carbons (Fsp3) is 0.0370. The Morgan fingerprint density at radius 3 is 1.52 bits per heavy atom. The van der Waals surface area contributed by atoms with E-state index in [1.165, 1.54) is 68.0 Å². The number of aromatic amines is 2. The first-order chi connectivity index (χ1) is 15.3. The molecule has 0 atom stereocenters. The van der Waals surface area contributed by atoms with Gasteiger partial charge < -0.3 is 9.97 Å². The van der Waals surface area contributed by atoms with Gasteiger partial charge in [0, 0.05) is 10.8 Å². The minimum absolute atomic E-state index is 1.18. The highest BCUT2D eigenvalue weighted by molar-refractivity contribution is 7.27. The molecule has 0 saturated carbocycles. The monoisotopic (exact) mass is 434 g/mol. The molecule has 148 valence electrons. The summed E-state index contributed by atoms with van der Waals surface area (Å²) in [5.41, 5.74) is 6.07. The van der Waals surface area contributed by atoms with Gasteiger partial charge in [-0.15, -0.1) is 22.7 Å². The van der Waals surface area contributed by atoms with E-state index in [1.54, 1.807) is 0 Å². The zero-order valence-electron chi connectivity index (χ0n) is 16.8. The van der Waals surface area contributed by atoms with Crippen LogP contribution in [-0.4, -0.2) is 9.97 Å². The summed E-state index contributed by atoms with van der Waals surface area (Å²) in [6.45, 7) is 2.26. The van der Waals surface area contributed by atoms with Crippen LogP contribution in [0.1, 0.15) is 5.56 Å². The summed E-state index contributed by atoms with van der Waals surface area (Å²) in [6.07, 6.45) is 0. The molecule has 4 heteroatoms. The summed E-state index contributed by atoms with van der Waals surface area (Å²) >= 11 is 3.79. The SMILES string of the molecule is Cc1c2sc3c(ccc4ccccc43)[nH]c2cc2[nH]c3ccc4ccccc4c3sc12. The van der Waals surface area contributed by atoms with Crippen molar-refractivity contribution in [1.29, 1.82) is 0 Å². The van der Waals surface area contributed by atoms with Gasteiger partial charge in [0.05, 0.1) is 40.9 Å². The Kier molecular flexibility index (Phi) is 3.54. The highest BCUT2D eigenvalue weighted by Gasteiger charge is 2.12. The Morgan fingerprint density at radius 2 is 1.00 bits per heavy atom. The third kappa shape index (κ3) is 2.49. The van der Waals surface area contributed by atoms with Crippen molar-refractivity contribution < 1.29 is 0 Å². The molecular formula is C27H18N2S2. The molecule has 2 nitrogen and oxygen atoms in total. The van der Waals surface area contributed by atoms with Crippen LogP contribution in [0.25, 0.3) is 62.4 Å². The molecule has 0 aliphatic heterocycles. The van der Waals surface area contributed by atoms with Crippen LogP contribution in [0.15, 0.2) is 78.9 Å². The molecule has 0 bridgehead atoms. The summed E-state index contributed by atoms with van der Waals surface area (Å²) in [7, 11) is 0. The van der Waals surface area contributed by atoms with Gasteiger partial charge in [-0.25, -0.2) is 0 Å². The van der Waals surface area contributed by atoms with E-state index >= 15 is 0 Å². The van der Waals surface area contributed by atoms with E-state index in [0.717, 1.165) is 0 Å². The van der Waals surface area contributed by atoms with Crippen LogP contribution < -0.4 is 0 Å². The molecule has 5 aromatic carbocycles. The van der Waals surface area contributed by atoms with Crippen LogP contribution in [0.5, 0.6) is 0 Å². The molecule has 2 N–H and O–H groups in total. The molecule has 2 heterocycles. The van der Waals surface area contributed by atoms with Crippen molar-refractivity contribution in [2.24, 2.45) is 0 Å². The number of H-pyrrole nitrogens is 2. The second kappa shape index (κ2) is 6.33. The van der Waals surface area contributed by atoms with Gasteiger partial charge in [0.2, 0.25) is 0 Å². The largest absolute Gasteiger partial charge is 0.353 e. The molecule has 0 radical (unpaired) electrons. The quantitative estimate of drug-likeness (QED) is 0.176. The molecule has 2 aromatic heterocycles. The van der Waals surface area contributed by atoms with Crippen LogP contribution in [0.3, 0.4) is 0 Å². The lowest BCUT2D eigenvalue weighted by Gasteiger charge is -2.12. The predicted molar refractivity (Wildman–Crippen MR) is 138 cm³/mol. The van der Waals surface area contributed by atoms with Crippen molar-refractivity contribution in [3.63, 3.8) is 0 Å². The molecule has 0 fully saturated rings. The molecular weight excluding hydrogens is 416 g/mol. The van der Waals surface area contributed by atoms with Crippen molar-refractivity contribution in [1.82, 2.24) is 9.97 Å². The Hall–Kier alpha value is -3.34. The van der Waals surface area contributed by atoms with Crippen LogP contribution in [0.2, 0.25) is 0 Å². The van der Waals surface area contributed by atoms with Gasteiger partial charge in [0.1, 0.15) is 0 Å². The average Bonchev–Trinajstić information content (AvgIpc) is 2.82. The highest BCUT2D eigenvalue weighted by atomic mass is 32.1.